The monoisotopic (exact) mass is 243 g/mol. The molecule has 3 nitrogen and oxygen atoms in total. The molecule has 0 bridgehead atoms. The van der Waals surface area contributed by atoms with Crippen molar-refractivity contribution in [3.05, 3.63) is 34.9 Å². The Kier molecular flexibility index (Phi) is 3.83. The van der Waals surface area contributed by atoms with E-state index in [4.69, 9.17) is 4.84 Å². The van der Waals surface area contributed by atoms with Crippen LogP contribution in [0.1, 0.15) is 36.7 Å². The van der Waals surface area contributed by atoms with Crippen LogP contribution >= 0.6 is 0 Å². The molecule has 0 aromatic heterocycles. The van der Waals surface area contributed by atoms with Gasteiger partial charge in [0, 0.05) is 6.07 Å². The fraction of sp³-hybridized carbons (Fsp3) is 0.417. The number of carbonyl (C=O) groups excluding carboxylic acids is 1. The minimum Gasteiger partial charge on any atom is -0.268 e. The maximum atomic E-state index is 13.3. The molecule has 0 unspecified atom stereocenters. The molecule has 1 amide bonds. The van der Waals surface area contributed by atoms with E-state index >= 15 is 0 Å². The topological polar surface area (TPSA) is 38.3 Å². The van der Waals surface area contributed by atoms with Gasteiger partial charge in [0.1, 0.15) is 11.6 Å². The smallest absolute Gasteiger partial charge is 0.268 e. The van der Waals surface area contributed by atoms with E-state index in [1.54, 1.807) is 20.8 Å². The van der Waals surface area contributed by atoms with Gasteiger partial charge in [-0.2, -0.15) is 0 Å². The molecule has 1 aromatic rings. The van der Waals surface area contributed by atoms with E-state index in [0.717, 1.165) is 6.07 Å². The molecule has 0 atom stereocenters. The number of carbonyl (C=O) groups is 1. The van der Waals surface area contributed by atoms with Crippen molar-refractivity contribution in [2.24, 2.45) is 0 Å². The second kappa shape index (κ2) is 4.79. The van der Waals surface area contributed by atoms with Crippen LogP contribution in [0.3, 0.4) is 0 Å². The summed E-state index contributed by atoms with van der Waals surface area (Å²) < 4.78 is 26.3. The summed E-state index contributed by atoms with van der Waals surface area (Å²) in [5.41, 5.74) is 1.50. The van der Waals surface area contributed by atoms with Crippen LogP contribution in [-0.4, -0.2) is 11.5 Å². The van der Waals surface area contributed by atoms with Crippen LogP contribution in [0.2, 0.25) is 0 Å². The zero-order valence-corrected chi connectivity index (χ0v) is 10.2. The summed E-state index contributed by atoms with van der Waals surface area (Å²) in [5.74, 6) is -2.33. The van der Waals surface area contributed by atoms with Gasteiger partial charge < -0.3 is 0 Å². The van der Waals surface area contributed by atoms with Gasteiger partial charge in [0.15, 0.2) is 0 Å². The Bertz CT molecular complexity index is 439. The predicted octanol–water partition coefficient (Wildman–Crippen LogP) is 2.73. The van der Waals surface area contributed by atoms with Gasteiger partial charge in [-0.05, 0) is 39.3 Å². The molecule has 0 saturated carbocycles. The summed E-state index contributed by atoms with van der Waals surface area (Å²) in [6.45, 7) is 6.66. The summed E-state index contributed by atoms with van der Waals surface area (Å²) in [6.07, 6.45) is 0. The Morgan fingerprint density at radius 1 is 1.24 bits per heavy atom. The third-order valence-corrected chi connectivity index (χ3v) is 1.94. The molecule has 5 heteroatoms. The molecular formula is C12H15F2NO2. The molecule has 1 N–H and O–H groups in total. The molecule has 0 aliphatic heterocycles. The molecule has 0 heterocycles. The van der Waals surface area contributed by atoms with E-state index < -0.39 is 23.1 Å². The molecule has 17 heavy (non-hydrogen) atoms. The highest BCUT2D eigenvalue weighted by Crippen LogP contribution is 2.14. The number of amides is 1. The lowest BCUT2D eigenvalue weighted by Crippen LogP contribution is -2.34. The van der Waals surface area contributed by atoms with E-state index in [1.807, 2.05) is 0 Å². The molecule has 0 aliphatic carbocycles. The van der Waals surface area contributed by atoms with Gasteiger partial charge in [-0.1, -0.05) is 0 Å². The van der Waals surface area contributed by atoms with Gasteiger partial charge in [0.25, 0.3) is 5.91 Å². The molecule has 0 fully saturated rings. The van der Waals surface area contributed by atoms with E-state index in [1.165, 1.54) is 6.92 Å². The van der Waals surface area contributed by atoms with Crippen molar-refractivity contribution < 1.29 is 18.4 Å². The number of aryl methyl sites for hydroxylation is 1. The van der Waals surface area contributed by atoms with Crippen LogP contribution in [0.25, 0.3) is 0 Å². The highest BCUT2D eigenvalue weighted by Gasteiger charge is 2.17. The van der Waals surface area contributed by atoms with E-state index in [2.05, 4.69) is 5.48 Å². The summed E-state index contributed by atoms with van der Waals surface area (Å²) in [6, 6.07) is 1.83. The quantitative estimate of drug-likeness (QED) is 0.811. The summed E-state index contributed by atoms with van der Waals surface area (Å²) in [7, 11) is 0. The number of rotatable bonds is 2. The fourth-order valence-corrected chi connectivity index (χ4v) is 1.09. The van der Waals surface area contributed by atoms with Crippen molar-refractivity contribution in [1.29, 1.82) is 0 Å². The number of hydroxylamine groups is 1. The number of benzene rings is 1. The Morgan fingerprint density at radius 2 is 1.82 bits per heavy atom. The Balaban J connectivity index is 2.86. The van der Waals surface area contributed by atoms with E-state index in [0.29, 0.717) is 6.07 Å². The summed E-state index contributed by atoms with van der Waals surface area (Å²) in [5, 5.41) is 0. The van der Waals surface area contributed by atoms with Crippen LogP contribution < -0.4 is 5.48 Å². The van der Waals surface area contributed by atoms with Gasteiger partial charge in [0.05, 0.1) is 11.2 Å². The highest BCUT2D eigenvalue weighted by atomic mass is 19.1. The van der Waals surface area contributed by atoms with Gasteiger partial charge in [-0.25, -0.2) is 14.3 Å². The minimum absolute atomic E-state index is 0.201. The van der Waals surface area contributed by atoms with E-state index in [-0.39, 0.29) is 11.1 Å². The van der Waals surface area contributed by atoms with Gasteiger partial charge in [-0.3, -0.25) is 9.63 Å². The van der Waals surface area contributed by atoms with E-state index in [9.17, 15) is 13.6 Å². The molecule has 1 aromatic carbocycles. The van der Waals surface area contributed by atoms with Crippen molar-refractivity contribution in [2.75, 3.05) is 0 Å². The first kappa shape index (κ1) is 13.6. The highest BCUT2D eigenvalue weighted by molar-refractivity contribution is 5.93. The maximum Gasteiger partial charge on any atom is 0.277 e. The second-order valence-electron chi connectivity index (χ2n) is 4.73. The number of halogens is 2. The maximum absolute atomic E-state index is 13.3. The van der Waals surface area contributed by atoms with Gasteiger partial charge in [0.2, 0.25) is 0 Å². The molecule has 0 saturated heterocycles. The zero-order chi connectivity index (χ0) is 13.2. The molecule has 0 spiro atoms. The summed E-state index contributed by atoms with van der Waals surface area (Å²) in [4.78, 5) is 16.6. The van der Waals surface area contributed by atoms with Crippen LogP contribution in [0.4, 0.5) is 8.78 Å². The van der Waals surface area contributed by atoms with Crippen LogP contribution in [0.5, 0.6) is 0 Å². The summed E-state index contributed by atoms with van der Waals surface area (Å²) >= 11 is 0. The van der Waals surface area contributed by atoms with Gasteiger partial charge >= 0.3 is 0 Å². The third-order valence-electron chi connectivity index (χ3n) is 1.94. The van der Waals surface area contributed by atoms with Crippen molar-refractivity contribution >= 4 is 5.91 Å². The molecule has 0 radical (unpaired) electrons. The molecular weight excluding hydrogens is 228 g/mol. The average molecular weight is 243 g/mol. The lowest BCUT2D eigenvalue weighted by atomic mass is 10.1. The molecule has 0 aliphatic rings. The number of hydrogen-bond donors (Lipinski definition) is 1. The van der Waals surface area contributed by atoms with Crippen molar-refractivity contribution in [3.63, 3.8) is 0 Å². The average Bonchev–Trinajstić information content (AvgIpc) is 2.19. The SMILES string of the molecule is Cc1cc(C(=O)NOC(C)(C)C)c(F)cc1F. The normalized spacial score (nSPS) is 11.4. The van der Waals surface area contributed by atoms with Crippen LogP contribution in [-0.2, 0) is 4.84 Å². The minimum atomic E-state index is -0.914. The largest absolute Gasteiger partial charge is 0.277 e. The fourth-order valence-electron chi connectivity index (χ4n) is 1.09. The number of nitrogens with one attached hydrogen (secondary N) is 1. The number of hydrogen-bond acceptors (Lipinski definition) is 2. The molecule has 94 valence electrons. The predicted molar refractivity (Wildman–Crippen MR) is 59.4 cm³/mol. The first-order valence-electron chi connectivity index (χ1n) is 5.15. The lowest BCUT2D eigenvalue weighted by molar-refractivity contribution is -0.0591. The van der Waals surface area contributed by atoms with Crippen LogP contribution in [0.15, 0.2) is 12.1 Å². The second-order valence-corrected chi connectivity index (χ2v) is 4.73. The van der Waals surface area contributed by atoms with Crippen molar-refractivity contribution in [2.45, 2.75) is 33.3 Å². The third kappa shape index (κ3) is 3.78. The van der Waals surface area contributed by atoms with Crippen molar-refractivity contribution in [3.8, 4) is 0 Å². The molecule has 1 rings (SSSR count). The van der Waals surface area contributed by atoms with Crippen LogP contribution in [0, 0.1) is 18.6 Å². The Morgan fingerprint density at radius 3 is 2.35 bits per heavy atom. The first-order chi connectivity index (χ1) is 7.70. The zero-order valence-electron chi connectivity index (χ0n) is 10.2. The first-order valence-corrected chi connectivity index (χ1v) is 5.15. The Labute approximate surface area is 98.7 Å². The Hall–Kier alpha value is -1.49. The van der Waals surface area contributed by atoms with Gasteiger partial charge in [-0.15, -0.1) is 0 Å². The van der Waals surface area contributed by atoms with Crippen molar-refractivity contribution in [1.82, 2.24) is 5.48 Å². The lowest BCUT2D eigenvalue weighted by Gasteiger charge is -2.19. The standard InChI is InChI=1S/C12H15F2NO2/c1-7-5-8(10(14)6-9(7)13)11(16)15-17-12(2,3)4/h5-6H,1-4H3,(H,15,16).